The lowest BCUT2D eigenvalue weighted by Crippen LogP contribution is -2.39. The summed E-state index contributed by atoms with van der Waals surface area (Å²) in [7, 11) is 1.90. The van der Waals surface area contributed by atoms with Crippen molar-refractivity contribution in [1.82, 2.24) is 9.97 Å². The Kier molecular flexibility index (Phi) is 4.57. The Labute approximate surface area is 126 Å². The lowest BCUT2D eigenvalue weighted by molar-refractivity contribution is 0.0762. The van der Waals surface area contributed by atoms with Crippen molar-refractivity contribution in [3.63, 3.8) is 0 Å². The number of rotatable bonds is 5. The number of aromatic nitrogens is 2. The molecule has 2 aromatic rings. The Morgan fingerprint density at radius 3 is 2.60 bits per heavy atom. The van der Waals surface area contributed by atoms with Crippen LogP contribution >= 0.6 is 15.9 Å². The second-order valence-corrected chi connectivity index (χ2v) is 6.26. The van der Waals surface area contributed by atoms with E-state index in [-0.39, 0.29) is 13.2 Å². The normalized spacial score (nSPS) is 11.8. The van der Waals surface area contributed by atoms with Crippen LogP contribution in [-0.2, 0) is 0 Å². The van der Waals surface area contributed by atoms with Gasteiger partial charge < -0.3 is 15.1 Å². The Bertz CT molecular complexity index is 602. The monoisotopic (exact) mass is 339 g/mol. The Morgan fingerprint density at radius 1 is 1.25 bits per heavy atom. The van der Waals surface area contributed by atoms with Crippen molar-refractivity contribution < 1.29 is 10.2 Å². The van der Waals surface area contributed by atoms with Crippen LogP contribution in [0.4, 0.5) is 5.82 Å². The summed E-state index contributed by atoms with van der Waals surface area (Å²) >= 11 is 3.45. The van der Waals surface area contributed by atoms with Crippen LogP contribution in [0.15, 0.2) is 29.0 Å². The fraction of sp³-hybridized carbons (Fsp3) is 0.429. The number of benzene rings is 1. The summed E-state index contributed by atoms with van der Waals surface area (Å²) in [5.41, 5.74) is 0.289. The first-order valence-electron chi connectivity index (χ1n) is 6.32. The quantitative estimate of drug-likeness (QED) is 0.869. The number of nitrogens with zero attached hydrogens (tertiary/aromatic N) is 3. The minimum Gasteiger partial charge on any atom is -0.396 e. The van der Waals surface area contributed by atoms with Gasteiger partial charge in [-0.25, -0.2) is 9.97 Å². The first-order valence-corrected chi connectivity index (χ1v) is 7.11. The average molecular weight is 340 g/mol. The Balaban J connectivity index is 2.39. The van der Waals surface area contributed by atoms with E-state index in [1.807, 2.05) is 37.1 Å². The third-order valence-corrected chi connectivity index (χ3v) is 3.81. The van der Waals surface area contributed by atoms with Crippen molar-refractivity contribution in [3.05, 3.63) is 29.0 Å². The maximum Gasteiger partial charge on any atom is 0.139 e. The molecule has 0 aliphatic carbocycles. The standard InChI is InChI=1S/C14H18BrN3O2/c1-14(7-19,8-20)6-18(2)13-11-5-10(15)3-4-12(11)16-9-17-13/h3-5,9,19-20H,6-8H2,1-2H3. The Morgan fingerprint density at radius 2 is 1.95 bits per heavy atom. The van der Waals surface area contributed by atoms with E-state index in [0.29, 0.717) is 6.54 Å². The molecule has 0 saturated heterocycles. The molecule has 108 valence electrons. The van der Waals surface area contributed by atoms with E-state index in [1.54, 1.807) is 0 Å². The van der Waals surface area contributed by atoms with Crippen LogP contribution in [0.5, 0.6) is 0 Å². The molecule has 0 atom stereocenters. The first-order chi connectivity index (χ1) is 9.49. The van der Waals surface area contributed by atoms with Gasteiger partial charge in [0.15, 0.2) is 0 Å². The van der Waals surface area contributed by atoms with Crippen molar-refractivity contribution in [1.29, 1.82) is 0 Å². The molecule has 0 radical (unpaired) electrons. The van der Waals surface area contributed by atoms with Crippen molar-refractivity contribution in [3.8, 4) is 0 Å². The summed E-state index contributed by atoms with van der Waals surface area (Å²) in [6.45, 7) is 2.17. The molecule has 1 aromatic carbocycles. The van der Waals surface area contributed by atoms with Gasteiger partial charge in [-0.1, -0.05) is 22.9 Å². The second kappa shape index (κ2) is 6.03. The van der Waals surface area contributed by atoms with Crippen LogP contribution in [0.25, 0.3) is 10.9 Å². The van der Waals surface area contributed by atoms with Gasteiger partial charge in [-0.05, 0) is 18.2 Å². The van der Waals surface area contributed by atoms with Gasteiger partial charge in [0.2, 0.25) is 0 Å². The maximum absolute atomic E-state index is 9.41. The van der Waals surface area contributed by atoms with Crippen LogP contribution in [0, 0.1) is 5.41 Å². The van der Waals surface area contributed by atoms with E-state index in [0.717, 1.165) is 21.2 Å². The van der Waals surface area contributed by atoms with E-state index in [1.165, 1.54) is 6.33 Å². The van der Waals surface area contributed by atoms with Gasteiger partial charge in [0, 0.05) is 28.9 Å². The lowest BCUT2D eigenvalue weighted by atomic mass is 9.92. The van der Waals surface area contributed by atoms with Crippen LogP contribution < -0.4 is 4.90 Å². The van der Waals surface area contributed by atoms with Gasteiger partial charge in [0.05, 0.1) is 18.7 Å². The molecule has 0 aliphatic heterocycles. The largest absolute Gasteiger partial charge is 0.396 e. The SMILES string of the molecule is CN(CC(C)(CO)CO)c1ncnc2ccc(Br)cc12. The predicted molar refractivity (Wildman–Crippen MR) is 82.8 cm³/mol. The number of hydrogen-bond donors (Lipinski definition) is 2. The highest BCUT2D eigenvalue weighted by Crippen LogP contribution is 2.27. The van der Waals surface area contributed by atoms with Gasteiger partial charge in [-0.2, -0.15) is 0 Å². The smallest absolute Gasteiger partial charge is 0.139 e. The molecule has 0 amide bonds. The maximum atomic E-state index is 9.41. The molecule has 0 bridgehead atoms. The molecule has 0 saturated carbocycles. The van der Waals surface area contributed by atoms with Crippen molar-refractivity contribution >= 4 is 32.7 Å². The summed E-state index contributed by atoms with van der Waals surface area (Å²) in [6, 6.07) is 5.83. The Hall–Kier alpha value is -1.24. The summed E-state index contributed by atoms with van der Waals surface area (Å²) in [5.74, 6) is 0.782. The molecule has 0 aliphatic rings. The second-order valence-electron chi connectivity index (χ2n) is 5.34. The molecule has 5 nitrogen and oxygen atoms in total. The molecule has 1 heterocycles. The molecule has 0 unspecified atom stereocenters. The minimum absolute atomic E-state index is 0.0828. The zero-order chi connectivity index (χ0) is 14.8. The minimum atomic E-state index is -0.571. The number of hydrogen-bond acceptors (Lipinski definition) is 5. The van der Waals surface area contributed by atoms with Gasteiger partial charge in [0.1, 0.15) is 12.1 Å². The number of anilines is 1. The third-order valence-electron chi connectivity index (χ3n) is 3.32. The highest BCUT2D eigenvalue weighted by molar-refractivity contribution is 9.10. The fourth-order valence-corrected chi connectivity index (χ4v) is 2.48. The fourth-order valence-electron chi connectivity index (χ4n) is 2.12. The summed E-state index contributed by atoms with van der Waals surface area (Å²) in [5, 5.41) is 19.8. The molecule has 0 spiro atoms. The molecule has 1 aromatic heterocycles. The van der Waals surface area contributed by atoms with E-state index in [9.17, 15) is 10.2 Å². The molecule has 2 rings (SSSR count). The summed E-state index contributed by atoms with van der Waals surface area (Å²) < 4.78 is 0.960. The number of aliphatic hydroxyl groups excluding tert-OH is 2. The zero-order valence-electron chi connectivity index (χ0n) is 11.5. The molecule has 2 N–H and O–H groups in total. The van der Waals surface area contributed by atoms with E-state index in [2.05, 4.69) is 25.9 Å². The molecular weight excluding hydrogens is 322 g/mol. The molecule has 20 heavy (non-hydrogen) atoms. The van der Waals surface area contributed by atoms with Crippen molar-refractivity contribution in [2.24, 2.45) is 5.41 Å². The van der Waals surface area contributed by atoms with E-state index in [4.69, 9.17) is 0 Å². The van der Waals surface area contributed by atoms with Crippen LogP contribution in [0.2, 0.25) is 0 Å². The van der Waals surface area contributed by atoms with Gasteiger partial charge in [0.25, 0.3) is 0 Å². The van der Waals surface area contributed by atoms with Gasteiger partial charge in [-0.3, -0.25) is 0 Å². The number of fused-ring (bicyclic) bond motifs is 1. The zero-order valence-corrected chi connectivity index (χ0v) is 13.1. The van der Waals surface area contributed by atoms with Crippen LogP contribution in [-0.4, -0.2) is 47.0 Å². The number of aliphatic hydroxyl groups is 2. The molecular formula is C14H18BrN3O2. The van der Waals surface area contributed by atoms with Crippen LogP contribution in [0.3, 0.4) is 0 Å². The first kappa shape index (κ1) is 15.2. The highest BCUT2D eigenvalue weighted by atomic mass is 79.9. The van der Waals surface area contributed by atoms with Crippen LogP contribution in [0.1, 0.15) is 6.92 Å². The van der Waals surface area contributed by atoms with E-state index >= 15 is 0 Å². The average Bonchev–Trinajstić information content (AvgIpc) is 2.46. The summed E-state index contributed by atoms with van der Waals surface area (Å²) in [6.07, 6.45) is 1.53. The lowest BCUT2D eigenvalue weighted by Gasteiger charge is -2.31. The van der Waals surface area contributed by atoms with Crippen molar-refractivity contribution in [2.75, 3.05) is 31.7 Å². The molecule has 6 heteroatoms. The molecule has 0 fully saturated rings. The number of halogens is 1. The van der Waals surface area contributed by atoms with Gasteiger partial charge in [-0.15, -0.1) is 0 Å². The predicted octanol–water partition coefficient (Wildman–Crippen LogP) is 1.82. The van der Waals surface area contributed by atoms with E-state index < -0.39 is 5.41 Å². The highest BCUT2D eigenvalue weighted by Gasteiger charge is 2.25. The summed E-state index contributed by atoms with van der Waals surface area (Å²) in [4.78, 5) is 10.5. The van der Waals surface area contributed by atoms with Gasteiger partial charge >= 0.3 is 0 Å². The topological polar surface area (TPSA) is 69.5 Å². The third kappa shape index (κ3) is 3.08. The van der Waals surface area contributed by atoms with Crippen molar-refractivity contribution in [2.45, 2.75) is 6.92 Å².